The molecule has 0 saturated carbocycles. The van der Waals surface area contributed by atoms with E-state index in [-0.39, 0.29) is 6.61 Å². The van der Waals surface area contributed by atoms with Gasteiger partial charge in [0.1, 0.15) is 11.6 Å². The maximum atomic E-state index is 14.1. The molecule has 0 spiro atoms. The molecule has 7 heteroatoms. The fourth-order valence-corrected chi connectivity index (χ4v) is 2.48. The van der Waals surface area contributed by atoms with Crippen LogP contribution in [-0.4, -0.2) is 19.8 Å². The Labute approximate surface area is 142 Å². The zero-order chi connectivity index (χ0) is 17.9. The van der Waals surface area contributed by atoms with E-state index in [4.69, 9.17) is 14.2 Å². The monoisotopic (exact) mass is 356 g/mol. The summed E-state index contributed by atoms with van der Waals surface area (Å²) in [4.78, 5) is 0. The lowest BCUT2D eigenvalue weighted by atomic mass is 10.1. The van der Waals surface area contributed by atoms with E-state index < -0.39 is 23.8 Å². The molecule has 0 aromatic heterocycles. The van der Waals surface area contributed by atoms with Crippen LogP contribution in [0.5, 0.6) is 5.75 Å². The normalized spacial score (nSPS) is 15.5. The molecule has 25 heavy (non-hydrogen) atoms. The van der Waals surface area contributed by atoms with Gasteiger partial charge in [0.05, 0.1) is 25.4 Å². The lowest BCUT2D eigenvalue weighted by Crippen LogP contribution is -2.06. The van der Waals surface area contributed by atoms with Gasteiger partial charge in [0, 0.05) is 12.0 Å². The Kier molecular flexibility index (Phi) is 5.24. The van der Waals surface area contributed by atoms with Gasteiger partial charge in [0.15, 0.2) is 6.29 Å². The second-order valence-electron chi connectivity index (χ2n) is 5.55. The molecular formula is C18H16F4O3. The molecule has 2 aromatic carbocycles. The number of ether oxygens (including phenoxy) is 3. The summed E-state index contributed by atoms with van der Waals surface area (Å²) >= 11 is 0. The maximum absolute atomic E-state index is 14.1. The highest BCUT2D eigenvalue weighted by molar-refractivity contribution is 5.29. The molecule has 1 heterocycles. The molecule has 1 saturated heterocycles. The maximum Gasteiger partial charge on any atom is 0.416 e. The quantitative estimate of drug-likeness (QED) is 0.738. The van der Waals surface area contributed by atoms with Crippen LogP contribution >= 0.6 is 0 Å². The van der Waals surface area contributed by atoms with E-state index in [9.17, 15) is 17.6 Å². The number of alkyl halides is 3. The van der Waals surface area contributed by atoms with Crippen molar-refractivity contribution in [3.63, 3.8) is 0 Å². The predicted molar refractivity (Wildman–Crippen MR) is 81.7 cm³/mol. The summed E-state index contributed by atoms with van der Waals surface area (Å²) in [7, 11) is 0. The van der Waals surface area contributed by atoms with Crippen molar-refractivity contribution < 1.29 is 31.8 Å². The fourth-order valence-electron chi connectivity index (χ4n) is 2.48. The zero-order valence-electron chi connectivity index (χ0n) is 13.2. The molecule has 0 amide bonds. The van der Waals surface area contributed by atoms with E-state index >= 15 is 0 Å². The average molecular weight is 356 g/mol. The minimum atomic E-state index is -4.37. The molecule has 0 bridgehead atoms. The van der Waals surface area contributed by atoms with E-state index in [1.165, 1.54) is 18.2 Å². The number of benzene rings is 2. The van der Waals surface area contributed by atoms with Gasteiger partial charge in [-0.1, -0.05) is 12.1 Å². The van der Waals surface area contributed by atoms with Crippen molar-refractivity contribution in [3.05, 3.63) is 65.0 Å². The molecule has 3 nitrogen and oxygen atoms in total. The molecule has 0 unspecified atom stereocenters. The Bertz CT molecular complexity index is 707. The van der Waals surface area contributed by atoms with E-state index in [1.54, 1.807) is 12.1 Å². The van der Waals surface area contributed by atoms with Gasteiger partial charge in [0.25, 0.3) is 0 Å². The predicted octanol–water partition coefficient (Wildman–Crippen LogP) is 4.51. The molecule has 0 atom stereocenters. The van der Waals surface area contributed by atoms with Crippen molar-refractivity contribution in [1.82, 2.24) is 0 Å². The third kappa shape index (κ3) is 4.49. The fraction of sp³-hybridized carbons (Fsp3) is 0.333. The van der Waals surface area contributed by atoms with Gasteiger partial charge in [0.2, 0.25) is 0 Å². The Morgan fingerprint density at radius 3 is 2.28 bits per heavy atom. The number of hydrogen-bond acceptors (Lipinski definition) is 3. The zero-order valence-corrected chi connectivity index (χ0v) is 13.2. The van der Waals surface area contributed by atoms with Gasteiger partial charge in [-0.3, -0.25) is 0 Å². The number of hydrogen-bond donors (Lipinski definition) is 0. The molecule has 3 rings (SSSR count). The molecule has 0 aliphatic carbocycles. The van der Waals surface area contributed by atoms with Gasteiger partial charge >= 0.3 is 6.18 Å². The van der Waals surface area contributed by atoms with Crippen molar-refractivity contribution in [2.75, 3.05) is 19.8 Å². The summed E-state index contributed by atoms with van der Waals surface area (Å²) < 4.78 is 67.5. The summed E-state index contributed by atoms with van der Waals surface area (Å²) in [5, 5.41) is 0. The van der Waals surface area contributed by atoms with Crippen LogP contribution in [0.4, 0.5) is 17.6 Å². The van der Waals surface area contributed by atoms with Gasteiger partial charge in [-0.2, -0.15) is 13.2 Å². The highest BCUT2D eigenvalue weighted by atomic mass is 19.4. The lowest BCUT2D eigenvalue weighted by molar-refractivity contribution is -0.137. The Morgan fingerprint density at radius 1 is 1.00 bits per heavy atom. The first kappa shape index (κ1) is 17.7. The lowest BCUT2D eigenvalue weighted by Gasteiger charge is -2.12. The highest BCUT2D eigenvalue weighted by Crippen LogP contribution is 2.30. The van der Waals surface area contributed by atoms with Crippen LogP contribution in [-0.2, 0) is 22.1 Å². The summed E-state index contributed by atoms with van der Waals surface area (Å²) in [6.45, 7) is 1.10. The number of rotatable bonds is 5. The molecule has 0 N–H and O–H groups in total. The van der Waals surface area contributed by atoms with Crippen LogP contribution in [0.2, 0.25) is 0 Å². The van der Waals surface area contributed by atoms with Crippen molar-refractivity contribution in [1.29, 1.82) is 0 Å². The third-order valence-electron chi connectivity index (χ3n) is 3.78. The van der Waals surface area contributed by atoms with E-state index in [2.05, 4.69) is 0 Å². The number of halogens is 4. The first-order valence-electron chi connectivity index (χ1n) is 7.75. The van der Waals surface area contributed by atoms with E-state index in [0.29, 0.717) is 36.5 Å². The van der Waals surface area contributed by atoms with Crippen molar-refractivity contribution in [2.45, 2.75) is 18.9 Å². The first-order valence-corrected chi connectivity index (χ1v) is 7.75. The molecule has 1 fully saturated rings. The van der Waals surface area contributed by atoms with Crippen molar-refractivity contribution in [3.8, 4) is 5.75 Å². The molecule has 1 aliphatic rings. The molecule has 134 valence electrons. The standard InChI is InChI=1S/C18H16F4O3/c19-16-11-12(1-6-15(16)17-24-9-10-25-17)7-8-23-14-4-2-13(3-5-14)18(20,21)22/h1-6,11,17H,7-10H2. The summed E-state index contributed by atoms with van der Waals surface area (Å²) in [5.74, 6) is -0.0863. The Hall–Kier alpha value is -2.12. The Balaban J connectivity index is 1.54. The highest BCUT2D eigenvalue weighted by Gasteiger charge is 2.30. The summed E-state index contributed by atoms with van der Waals surface area (Å²) in [6.07, 6.45) is -4.62. The van der Waals surface area contributed by atoms with Crippen LogP contribution in [0.3, 0.4) is 0 Å². The van der Waals surface area contributed by atoms with Gasteiger partial charge in [-0.05, 0) is 35.9 Å². The van der Waals surface area contributed by atoms with Crippen LogP contribution < -0.4 is 4.74 Å². The molecule has 0 radical (unpaired) electrons. The largest absolute Gasteiger partial charge is 0.493 e. The van der Waals surface area contributed by atoms with Gasteiger partial charge < -0.3 is 14.2 Å². The van der Waals surface area contributed by atoms with Crippen molar-refractivity contribution in [2.24, 2.45) is 0 Å². The van der Waals surface area contributed by atoms with Crippen LogP contribution in [0.15, 0.2) is 42.5 Å². The molecular weight excluding hydrogens is 340 g/mol. The third-order valence-corrected chi connectivity index (χ3v) is 3.78. The van der Waals surface area contributed by atoms with Crippen molar-refractivity contribution >= 4 is 0 Å². The van der Waals surface area contributed by atoms with Gasteiger partial charge in [-0.25, -0.2) is 4.39 Å². The first-order chi connectivity index (χ1) is 11.9. The molecule has 1 aliphatic heterocycles. The topological polar surface area (TPSA) is 27.7 Å². The smallest absolute Gasteiger partial charge is 0.416 e. The minimum Gasteiger partial charge on any atom is -0.493 e. The second-order valence-corrected chi connectivity index (χ2v) is 5.55. The molecule has 2 aromatic rings. The summed E-state index contributed by atoms with van der Waals surface area (Å²) in [5.41, 5.74) is 0.338. The van der Waals surface area contributed by atoms with Crippen LogP contribution in [0.1, 0.15) is 23.0 Å². The van der Waals surface area contributed by atoms with Gasteiger partial charge in [-0.15, -0.1) is 0 Å². The second kappa shape index (κ2) is 7.41. The summed E-state index contributed by atoms with van der Waals surface area (Å²) in [6, 6.07) is 9.20. The van der Waals surface area contributed by atoms with E-state index in [0.717, 1.165) is 12.1 Å². The Morgan fingerprint density at radius 2 is 1.68 bits per heavy atom. The van der Waals surface area contributed by atoms with Crippen LogP contribution in [0, 0.1) is 5.82 Å². The van der Waals surface area contributed by atoms with E-state index in [1.807, 2.05) is 0 Å². The van der Waals surface area contributed by atoms with Crippen LogP contribution in [0.25, 0.3) is 0 Å². The average Bonchev–Trinajstić information content (AvgIpc) is 3.09. The minimum absolute atomic E-state index is 0.223. The SMILES string of the molecule is Fc1cc(CCOc2ccc(C(F)(F)F)cc2)ccc1C1OCCO1.